The van der Waals surface area contributed by atoms with E-state index < -0.39 is 11.0 Å². The van der Waals surface area contributed by atoms with E-state index in [1.807, 2.05) is 11.9 Å². The van der Waals surface area contributed by atoms with Crippen molar-refractivity contribution in [3.8, 4) is 0 Å². The number of hydrogen-bond donors (Lipinski definition) is 1. The average Bonchev–Trinajstić information content (AvgIpc) is 2.19. The van der Waals surface area contributed by atoms with Crippen molar-refractivity contribution >= 4 is 27.3 Å². The van der Waals surface area contributed by atoms with E-state index in [0.717, 1.165) is 5.69 Å². The Morgan fingerprint density at radius 3 is 2.65 bits per heavy atom. The number of halogens is 1. The Kier molecular flexibility index (Phi) is 4.47. The molecule has 1 atom stereocenters. The monoisotopic (exact) mass is 302 g/mol. The molecular weight excluding hydrogens is 288 g/mol. The minimum Gasteiger partial charge on any atom is -0.392 e. The number of hydrogen-bond acceptors (Lipinski definition) is 4. The fourth-order valence-electron chi connectivity index (χ4n) is 1.64. The van der Waals surface area contributed by atoms with Crippen molar-refractivity contribution in [3.63, 3.8) is 0 Å². The summed E-state index contributed by atoms with van der Waals surface area (Å²) in [6.45, 7) is 3.86. The number of likely N-dealkylation sites (N-methyl/N-ethyl adjacent to an activating group) is 1. The smallest absolute Gasteiger partial charge is 0.273 e. The van der Waals surface area contributed by atoms with Crippen molar-refractivity contribution in [3.05, 3.63) is 32.3 Å². The van der Waals surface area contributed by atoms with Crippen molar-refractivity contribution in [1.29, 1.82) is 0 Å². The summed E-state index contributed by atoms with van der Waals surface area (Å²) in [4.78, 5) is 12.2. The number of anilines is 1. The van der Waals surface area contributed by atoms with Gasteiger partial charge in [-0.3, -0.25) is 10.1 Å². The molecule has 0 saturated heterocycles. The van der Waals surface area contributed by atoms with Crippen LogP contribution in [0.1, 0.15) is 12.5 Å². The number of aryl methyl sites for hydroxylation is 1. The quantitative estimate of drug-likeness (QED) is 0.685. The molecule has 1 rings (SSSR count). The highest BCUT2D eigenvalue weighted by Crippen LogP contribution is 2.32. The molecule has 0 aromatic heterocycles. The zero-order valence-corrected chi connectivity index (χ0v) is 11.6. The second-order valence-corrected chi connectivity index (χ2v) is 4.93. The van der Waals surface area contributed by atoms with Gasteiger partial charge in [-0.05, 0) is 35.8 Å². The Bertz CT molecular complexity index is 435. The second kappa shape index (κ2) is 5.46. The van der Waals surface area contributed by atoms with Gasteiger partial charge < -0.3 is 10.0 Å². The zero-order chi connectivity index (χ0) is 13.2. The van der Waals surface area contributed by atoms with Gasteiger partial charge in [0.2, 0.25) is 0 Å². The Morgan fingerprint density at radius 2 is 2.18 bits per heavy atom. The molecule has 0 aliphatic carbocycles. The van der Waals surface area contributed by atoms with Crippen LogP contribution in [0.15, 0.2) is 16.6 Å². The first kappa shape index (κ1) is 13.9. The average molecular weight is 303 g/mol. The molecule has 5 nitrogen and oxygen atoms in total. The van der Waals surface area contributed by atoms with E-state index in [1.165, 1.54) is 6.07 Å². The first-order valence-corrected chi connectivity index (χ1v) is 5.96. The number of rotatable bonds is 4. The van der Waals surface area contributed by atoms with E-state index in [0.29, 0.717) is 16.6 Å². The summed E-state index contributed by atoms with van der Waals surface area (Å²) >= 11 is 3.31. The molecule has 1 aromatic carbocycles. The summed E-state index contributed by atoms with van der Waals surface area (Å²) in [5, 5.41) is 20.1. The molecule has 94 valence electrons. The lowest BCUT2D eigenvalue weighted by Gasteiger charge is -2.22. The third-order valence-electron chi connectivity index (χ3n) is 2.41. The molecule has 17 heavy (non-hydrogen) atoms. The molecule has 0 bridgehead atoms. The summed E-state index contributed by atoms with van der Waals surface area (Å²) < 4.78 is 0.651. The van der Waals surface area contributed by atoms with Crippen LogP contribution >= 0.6 is 15.9 Å². The molecular formula is C11H15BrN2O3. The third-order valence-corrected chi connectivity index (χ3v) is 3.05. The number of nitrogens with zero attached hydrogens (tertiary/aromatic N) is 2. The summed E-state index contributed by atoms with van der Waals surface area (Å²) in [6.07, 6.45) is -0.456. The van der Waals surface area contributed by atoms with E-state index in [2.05, 4.69) is 15.9 Å². The van der Waals surface area contributed by atoms with E-state index in [4.69, 9.17) is 0 Å². The Morgan fingerprint density at radius 1 is 1.59 bits per heavy atom. The van der Waals surface area contributed by atoms with Crippen LogP contribution in [0.25, 0.3) is 0 Å². The fraction of sp³-hybridized carbons (Fsp3) is 0.455. The highest BCUT2D eigenvalue weighted by Gasteiger charge is 2.16. The molecule has 0 radical (unpaired) electrons. The van der Waals surface area contributed by atoms with Crippen LogP contribution in [0.4, 0.5) is 11.4 Å². The van der Waals surface area contributed by atoms with Crippen LogP contribution in [0.3, 0.4) is 0 Å². The Labute approximate surface area is 108 Å². The number of nitro benzene ring substituents is 1. The van der Waals surface area contributed by atoms with Crippen LogP contribution in [0.5, 0.6) is 0 Å². The second-order valence-electron chi connectivity index (χ2n) is 4.08. The molecule has 0 aliphatic heterocycles. The number of aliphatic hydroxyl groups is 1. The Hall–Kier alpha value is -1.14. The van der Waals surface area contributed by atoms with Crippen LogP contribution in [0, 0.1) is 17.0 Å². The van der Waals surface area contributed by atoms with Crippen molar-refractivity contribution < 1.29 is 10.0 Å². The van der Waals surface area contributed by atoms with Gasteiger partial charge in [0.05, 0.1) is 16.7 Å². The molecule has 1 aromatic rings. The van der Waals surface area contributed by atoms with Crippen molar-refractivity contribution in [2.75, 3.05) is 18.5 Å². The van der Waals surface area contributed by atoms with Crippen molar-refractivity contribution in [2.24, 2.45) is 0 Å². The maximum absolute atomic E-state index is 10.8. The number of benzene rings is 1. The van der Waals surface area contributed by atoms with Gasteiger partial charge in [-0.2, -0.15) is 0 Å². The fourth-order valence-corrected chi connectivity index (χ4v) is 2.27. The van der Waals surface area contributed by atoms with Crippen LogP contribution in [0.2, 0.25) is 0 Å². The van der Waals surface area contributed by atoms with Gasteiger partial charge in [-0.25, -0.2) is 0 Å². The van der Waals surface area contributed by atoms with Crippen LogP contribution < -0.4 is 4.90 Å². The standard InChI is InChI=1S/C11H15BrN2O3/c1-7-4-11(13(3)6-8(2)15)9(12)5-10(7)14(16)17/h4-5,8,15H,6H2,1-3H3. The van der Waals surface area contributed by atoms with E-state index >= 15 is 0 Å². The van der Waals surface area contributed by atoms with Gasteiger partial charge in [-0.1, -0.05) is 0 Å². The predicted molar refractivity (Wildman–Crippen MR) is 70.5 cm³/mol. The van der Waals surface area contributed by atoms with Crippen LogP contribution in [-0.4, -0.2) is 29.7 Å². The van der Waals surface area contributed by atoms with Gasteiger partial charge in [0.25, 0.3) is 5.69 Å². The molecule has 0 saturated carbocycles. The molecule has 6 heteroatoms. The first-order valence-electron chi connectivity index (χ1n) is 5.16. The highest BCUT2D eigenvalue weighted by molar-refractivity contribution is 9.10. The SMILES string of the molecule is Cc1cc(N(C)CC(C)O)c(Br)cc1[N+](=O)[O-]. The molecule has 0 spiro atoms. The summed E-state index contributed by atoms with van der Waals surface area (Å²) in [5.41, 5.74) is 1.52. The molecule has 1 N–H and O–H groups in total. The van der Waals surface area contributed by atoms with Gasteiger partial charge in [-0.15, -0.1) is 0 Å². The zero-order valence-electron chi connectivity index (χ0n) is 9.98. The lowest BCUT2D eigenvalue weighted by Crippen LogP contribution is -2.27. The van der Waals surface area contributed by atoms with Crippen LogP contribution in [-0.2, 0) is 0 Å². The lowest BCUT2D eigenvalue weighted by atomic mass is 10.1. The summed E-state index contributed by atoms with van der Waals surface area (Å²) in [6, 6.07) is 3.23. The highest BCUT2D eigenvalue weighted by atomic mass is 79.9. The molecule has 0 aliphatic rings. The topological polar surface area (TPSA) is 66.6 Å². The number of aliphatic hydroxyl groups excluding tert-OH is 1. The van der Waals surface area contributed by atoms with E-state index in [-0.39, 0.29) is 5.69 Å². The minimum atomic E-state index is -0.456. The molecule has 0 amide bonds. The van der Waals surface area contributed by atoms with Gasteiger partial charge in [0, 0.05) is 29.7 Å². The Balaban J connectivity index is 3.11. The molecule has 0 heterocycles. The van der Waals surface area contributed by atoms with Crippen molar-refractivity contribution in [2.45, 2.75) is 20.0 Å². The molecule has 1 unspecified atom stereocenters. The summed E-state index contributed by atoms with van der Waals surface area (Å²) in [5.74, 6) is 0. The lowest BCUT2D eigenvalue weighted by molar-refractivity contribution is -0.385. The van der Waals surface area contributed by atoms with E-state index in [9.17, 15) is 15.2 Å². The van der Waals surface area contributed by atoms with Crippen molar-refractivity contribution in [1.82, 2.24) is 0 Å². The minimum absolute atomic E-state index is 0.0890. The first-order chi connectivity index (χ1) is 7.82. The maximum Gasteiger partial charge on any atom is 0.273 e. The maximum atomic E-state index is 10.8. The predicted octanol–water partition coefficient (Wildman–Crippen LogP) is 2.48. The van der Waals surface area contributed by atoms with Gasteiger partial charge in [0.15, 0.2) is 0 Å². The van der Waals surface area contributed by atoms with Gasteiger partial charge in [0.1, 0.15) is 0 Å². The largest absolute Gasteiger partial charge is 0.392 e. The third kappa shape index (κ3) is 3.41. The summed E-state index contributed by atoms with van der Waals surface area (Å²) in [7, 11) is 1.83. The molecule has 0 fully saturated rings. The van der Waals surface area contributed by atoms with E-state index in [1.54, 1.807) is 19.9 Å². The normalized spacial score (nSPS) is 12.3. The number of nitro groups is 1. The van der Waals surface area contributed by atoms with Gasteiger partial charge >= 0.3 is 0 Å².